The minimum absolute atomic E-state index is 0.0317. The zero-order valence-corrected chi connectivity index (χ0v) is 26.4. The van der Waals surface area contributed by atoms with Crippen molar-refractivity contribution in [2.45, 2.75) is 108 Å². The second kappa shape index (κ2) is 13.1. The summed E-state index contributed by atoms with van der Waals surface area (Å²) in [6, 6.07) is 3.79. The molecule has 0 amide bonds. The Morgan fingerprint density at radius 3 is 2.63 bits per heavy atom. The molecular weight excluding hydrogens is 562 g/mol. The molecule has 0 spiro atoms. The normalized spacial score (nSPS) is 36.3. The van der Waals surface area contributed by atoms with Crippen molar-refractivity contribution in [1.29, 1.82) is 0 Å². The van der Waals surface area contributed by atoms with Crippen LogP contribution >= 0.6 is 23.1 Å². The van der Waals surface area contributed by atoms with Gasteiger partial charge >= 0.3 is 5.97 Å². The van der Waals surface area contributed by atoms with Crippen LogP contribution in [0, 0.1) is 24.2 Å². The number of aromatic nitrogens is 1. The first-order valence-electron chi connectivity index (χ1n) is 14.3. The summed E-state index contributed by atoms with van der Waals surface area (Å²) in [7, 11) is 0. The van der Waals surface area contributed by atoms with Crippen LogP contribution in [0.2, 0.25) is 0 Å². The number of aryl methyl sites for hydroxylation is 1. The number of hydrogen-bond donors (Lipinski definition) is 2. The van der Waals surface area contributed by atoms with Crippen LogP contribution in [-0.2, 0) is 19.1 Å². The minimum atomic E-state index is -1.17. The van der Waals surface area contributed by atoms with Gasteiger partial charge in [-0.1, -0.05) is 32.0 Å². The van der Waals surface area contributed by atoms with Crippen molar-refractivity contribution in [1.82, 2.24) is 4.98 Å². The molecule has 2 aromatic heterocycles. The Kier molecular flexibility index (Phi) is 10.2. The summed E-state index contributed by atoms with van der Waals surface area (Å²) in [5, 5.41) is 23.8. The number of carbonyl (C=O) groups excluding carboxylic acids is 2. The number of ether oxygens (including phenoxy) is 2. The SMILES string of the molecule is CSc1nc(/C=C(\C)[C@@H]2C[C@@H]3O[C@]3(C)CCC[C@@H]3C[C@@](C)(C(=O)[C@H](C)C3O)[C@@H](O)CC(=O)O2)cs1.Cc1ccco1. The Labute approximate surface area is 250 Å². The molecule has 1 saturated carbocycles. The topological polar surface area (TPSA) is 122 Å². The molecule has 2 saturated heterocycles. The van der Waals surface area contributed by atoms with Gasteiger partial charge in [0.2, 0.25) is 0 Å². The third kappa shape index (κ3) is 7.51. The molecule has 2 aliphatic heterocycles. The Morgan fingerprint density at radius 2 is 2.02 bits per heavy atom. The smallest absolute Gasteiger partial charge is 0.309 e. The van der Waals surface area contributed by atoms with Crippen molar-refractivity contribution in [3.8, 4) is 0 Å². The number of Topliss-reactive ketones (excluding diaryl/α,β-unsaturated/α-hetero) is 1. The van der Waals surface area contributed by atoms with Gasteiger partial charge in [-0.2, -0.15) is 0 Å². The van der Waals surface area contributed by atoms with Gasteiger partial charge in [0.15, 0.2) is 0 Å². The lowest BCUT2D eigenvalue weighted by Gasteiger charge is -2.45. The lowest BCUT2D eigenvalue weighted by molar-refractivity contribution is -0.161. The van der Waals surface area contributed by atoms with E-state index in [1.807, 2.05) is 43.7 Å². The van der Waals surface area contributed by atoms with Gasteiger partial charge in [-0.05, 0) is 76.0 Å². The zero-order valence-electron chi connectivity index (χ0n) is 24.8. The number of rotatable bonds is 3. The largest absolute Gasteiger partial charge is 0.470 e. The number of esters is 1. The molecule has 4 heterocycles. The Balaban J connectivity index is 0.000000572. The summed E-state index contributed by atoms with van der Waals surface area (Å²) in [5.41, 5.74) is 0.314. The standard InChI is InChI=1S/C26H37NO6S2.C5H6O/c1-14(9-17-13-35-24(27-17)34-5)18-10-20-26(4,33-20)8-6-7-16-12-25(3,19(28)11-21(29)32-18)23(31)15(2)22(16)30;1-5-3-2-4-6-5/h9,13,15-16,18-20,22,28,30H,6-8,10-12H2,1-5H3;2-4H,1H3/b14-9+;/t15-,16-,18+,19+,20+,22?,25-,26-;/m1./s1. The van der Waals surface area contributed by atoms with Crippen LogP contribution in [0.4, 0.5) is 0 Å². The number of aliphatic hydroxyl groups is 2. The molecule has 2 aromatic rings. The molecule has 5 rings (SSSR count). The van der Waals surface area contributed by atoms with E-state index < -0.39 is 35.6 Å². The molecule has 3 aliphatic rings. The van der Waals surface area contributed by atoms with Crippen molar-refractivity contribution in [3.63, 3.8) is 0 Å². The van der Waals surface area contributed by atoms with Crippen molar-refractivity contribution in [2.24, 2.45) is 17.3 Å². The first-order chi connectivity index (χ1) is 19.4. The average molecular weight is 606 g/mol. The van der Waals surface area contributed by atoms with Crippen molar-refractivity contribution in [2.75, 3.05) is 6.26 Å². The Bertz CT molecular complexity index is 1230. The predicted octanol–water partition coefficient (Wildman–Crippen LogP) is 5.84. The molecule has 2 bridgehead atoms. The third-order valence-corrected chi connectivity index (χ3v) is 10.8. The molecule has 0 aromatic carbocycles. The second-order valence-corrected chi connectivity index (χ2v) is 14.0. The third-order valence-electron chi connectivity index (χ3n) is 8.96. The van der Waals surface area contributed by atoms with Crippen molar-refractivity contribution < 1.29 is 33.7 Å². The summed E-state index contributed by atoms with van der Waals surface area (Å²) in [5.74, 6) is -0.451. The minimum Gasteiger partial charge on any atom is -0.470 e. The van der Waals surface area contributed by atoms with E-state index in [0.717, 1.165) is 40.6 Å². The van der Waals surface area contributed by atoms with Crippen LogP contribution in [0.25, 0.3) is 6.08 Å². The molecule has 10 heteroatoms. The number of aliphatic hydroxyl groups excluding tert-OH is 2. The van der Waals surface area contributed by atoms with Crippen LogP contribution in [0.1, 0.15) is 77.7 Å². The second-order valence-electron chi connectivity index (χ2n) is 12.1. The number of cyclic esters (lactones) is 1. The molecule has 2 N–H and O–H groups in total. The molecule has 8 atom stereocenters. The monoisotopic (exact) mass is 605 g/mol. The van der Waals surface area contributed by atoms with Gasteiger partial charge < -0.3 is 24.1 Å². The molecular formula is C31H43NO7S2. The average Bonchev–Trinajstić information content (AvgIpc) is 3.26. The number of thioether (sulfide) groups is 1. The van der Waals surface area contributed by atoms with Crippen LogP contribution in [0.15, 0.2) is 38.1 Å². The van der Waals surface area contributed by atoms with Crippen LogP contribution < -0.4 is 0 Å². The summed E-state index contributed by atoms with van der Waals surface area (Å²) >= 11 is 3.16. The van der Waals surface area contributed by atoms with E-state index >= 15 is 0 Å². The van der Waals surface area contributed by atoms with Gasteiger partial charge in [0, 0.05) is 17.7 Å². The van der Waals surface area contributed by atoms with E-state index in [1.54, 1.807) is 43.2 Å². The molecule has 1 aliphatic carbocycles. The Morgan fingerprint density at radius 1 is 1.27 bits per heavy atom. The van der Waals surface area contributed by atoms with Gasteiger partial charge in [-0.15, -0.1) is 11.3 Å². The van der Waals surface area contributed by atoms with Gasteiger partial charge in [0.1, 0.15) is 22.0 Å². The Hall–Kier alpha value is -1.98. The highest BCUT2D eigenvalue weighted by atomic mass is 32.2. The number of hydrogen-bond acceptors (Lipinski definition) is 10. The summed E-state index contributed by atoms with van der Waals surface area (Å²) in [6.07, 6.45) is 6.20. The number of nitrogens with zero attached hydrogens (tertiary/aromatic N) is 1. The maximum Gasteiger partial charge on any atom is 0.309 e. The number of epoxide rings is 1. The van der Waals surface area contributed by atoms with Crippen LogP contribution in [0.3, 0.4) is 0 Å². The van der Waals surface area contributed by atoms with Gasteiger partial charge in [-0.25, -0.2) is 4.98 Å². The highest BCUT2D eigenvalue weighted by Gasteiger charge is 2.55. The molecule has 0 radical (unpaired) electrons. The van der Waals surface area contributed by atoms with Gasteiger partial charge in [0.05, 0.1) is 47.7 Å². The lowest BCUT2D eigenvalue weighted by atomic mass is 9.60. The predicted molar refractivity (Wildman–Crippen MR) is 160 cm³/mol. The molecule has 226 valence electrons. The summed E-state index contributed by atoms with van der Waals surface area (Å²) < 4.78 is 17.8. The van der Waals surface area contributed by atoms with E-state index in [2.05, 4.69) is 11.9 Å². The first kappa shape index (κ1) is 31.9. The van der Waals surface area contributed by atoms with Crippen molar-refractivity contribution >= 4 is 40.9 Å². The van der Waals surface area contributed by atoms with E-state index in [9.17, 15) is 19.8 Å². The first-order valence-corrected chi connectivity index (χ1v) is 16.4. The van der Waals surface area contributed by atoms with Crippen LogP contribution in [0.5, 0.6) is 0 Å². The number of ketones is 1. The fourth-order valence-electron chi connectivity index (χ4n) is 6.17. The zero-order chi connectivity index (χ0) is 29.9. The quantitative estimate of drug-likeness (QED) is 0.252. The molecule has 8 nitrogen and oxygen atoms in total. The fraction of sp³-hybridized carbons (Fsp3) is 0.645. The number of thiazole rings is 1. The van der Waals surface area contributed by atoms with E-state index in [4.69, 9.17) is 13.9 Å². The van der Waals surface area contributed by atoms with Gasteiger partial charge in [-0.3, -0.25) is 9.59 Å². The number of carbonyl (C=O) groups is 2. The number of furan rings is 1. The summed E-state index contributed by atoms with van der Waals surface area (Å²) in [6.45, 7) is 9.38. The highest BCUT2D eigenvalue weighted by Crippen LogP contribution is 2.48. The maximum atomic E-state index is 13.1. The highest BCUT2D eigenvalue weighted by molar-refractivity contribution is 8.00. The molecule has 41 heavy (non-hydrogen) atoms. The number of fused-ring (bicyclic) bond motifs is 3. The lowest BCUT2D eigenvalue weighted by Crippen LogP contribution is -2.54. The molecule has 3 fully saturated rings. The summed E-state index contributed by atoms with van der Waals surface area (Å²) in [4.78, 5) is 30.7. The van der Waals surface area contributed by atoms with E-state index in [-0.39, 0.29) is 29.8 Å². The van der Waals surface area contributed by atoms with Gasteiger partial charge in [0.25, 0.3) is 0 Å². The van der Waals surface area contributed by atoms with Crippen molar-refractivity contribution in [3.05, 3.63) is 40.8 Å². The fourth-order valence-corrected chi connectivity index (χ4v) is 7.40. The molecule has 1 unspecified atom stereocenters. The maximum absolute atomic E-state index is 13.1. The van der Waals surface area contributed by atoms with E-state index in [0.29, 0.717) is 12.8 Å². The van der Waals surface area contributed by atoms with Crippen LogP contribution in [-0.4, -0.2) is 63.2 Å². The van der Waals surface area contributed by atoms with E-state index in [1.165, 1.54) is 0 Å².